The van der Waals surface area contributed by atoms with Crippen LogP contribution in [0.1, 0.15) is 11.5 Å². The van der Waals surface area contributed by atoms with Crippen LogP contribution in [-0.2, 0) is 0 Å². The Labute approximate surface area is 143 Å². The molecule has 3 heterocycles. The van der Waals surface area contributed by atoms with Gasteiger partial charge in [0.1, 0.15) is 11.5 Å². The topological polar surface area (TPSA) is 56.5 Å². The van der Waals surface area contributed by atoms with E-state index in [1.165, 1.54) is 0 Å². The van der Waals surface area contributed by atoms with Crippen LogP contribution in [-0.4, -0.2) is 11.8 Å². The molecule has 1 N–H and O–H groups in total. The molecular formula is C16H15ClN2O3S. The van der Waals surface area contributed by atoms with Crippen LogP contribution in [0.3, 0.4) is 0 Å². The molecule has 3 aromatic rings. The molecule has 120 valence electrons. The van der Waals surface area contributed by atoms with Gasteiger partial charge in [-0.05, 0) is 32.0 Å². The molecule has 0 atom stereocenters. The summed E-state index contributed by atoms with van der Waals surface area (Å²) in [4.78, 5) is 4.62. The van der Waals surface area contributed by atoms with Gasteiger partial charge >= 0.3 is 0 Å². The zero-order chi connectivity index (χ0) is 15.1. The molecule has 0 unspecified atom stereocenters. The van der Waals surface area contributed by atoms with E-state index in [1.807, 2.05) is 43.5 Å². The molecule has 0 radical (unpaired) electrons. The number of nitrogens with zero attached hydrogens (tertiary/aromatic N) is 1. The van der Waals surface area contributed by atoms with E-state index in [2.05, 4.69) is 10.3 Å². The van der Waals surface area contributed by atoms with E-state index < -0.39 is 0 Å². The van der Waals surface area contributed by atoms with Crippen molar-refractivity contribution in [3.63, 3.8) is 0 Å². The number of benzene rings is 1. The molecule has 1 aliphatic heterocycles. The van der Waals surface area contributed by atoms with Crippen LogP contribution >= 0.6 is 23.7 Å². The fourth-order valence-electron chi connectivity index (χ4n) is 2.44. The van der Waals surface area contributed by atoms with Crippen LogP contribution < -0.4 is 14.8 Å². The molecule has 4 rings (SSSR count). The number of furan rings is 1. The summed E-state index contributed by atoms with van der Waals surface area (Å²) in [6.45, 7) is 4.17. The smallest absolute Gasteiger partial charge is 0.231 e. The molecule has 0 bridgehead atoms. The number of aromatic nitrogens is 1. The van der Waals surface area contributed by atoms with E-state index in [1.54, 1.807) is 11.3 Å². The Morgan fingerprint density at radius 2 is 1.96 bits per heavy atom. The molecular weight excluding hydrogens is 336 g/mol. The van der Waals surface area contributed by atoms with Crippen LogP contribution in [0.4, 0.5) is 10.8 Å². The van der Waals surface area contributed by atoms with Gasteiger partial charge in [0.05, 0.1) is 5.69 Å². The highest BCUT2D eigenvalue weighted by atomic mass is 35.5. The van der Waals surface area contributed by atoms with Crippen molar-refractivity contribution >= 4 is 34.6 Å². The highest BCUT2D eigenvalue weighted by Crippen LogP contribution is 2.36. The lowest BCUT2D eigenvalue weighted by Gasteiger charge is -2.03. The molecule has 23 heavy (non-hydrogen) atoms. The van der Waals surface area contributed by atoms with Gasteiger partial charge < -0.3 is 19.2 Å². The largest absolute Gasteiger partial charge is 0.466 e. The summed E-state index contributed by atoms with van der Waals surface area (Å²) >= 11 is 1.55. The second-order valence-corrected chi connectivity index (χ2v) is 5.92. The highest BCUT2D eigenvalue weighted by molar-refractivity contribution is 7.14. The van der Waals surface area contributed by atoms with Crippen molar-refractivity contribution in [1.29, 1.82) is 0 Å². The standard InChI is InChI=1S/C16H14N2O3S.ClH/c1-9-5-12(10(2)21-9)13-7-22-16(18-13)17-11-3-4-14-15(6-11)20-8-19-14;/h3-7H,8H2,1-2H3,(H,17,18);1H. The third kappa shape index (κ3) is 3.00. The van der Waals surface area contributed by atoms with Crippen LogP contribution in [0, 0.1) is 13.8 Å². The monoisotopic (exact) mass is 350 g/mol. The van der Waals surface area contributed by atoms with Crippen molar-refractivity contribution in [2.45, 2.75) is 13.8 Å². The van der Waals surface area contributed by atoms with E-state index >= 15 is 0 Å². The Morgan fingerprint density at radius 3 is 2.74 bits per heavy atom. The predicted molar refractivity (Wildman–Crippen MR) is 92.4 cm³/mol. The van der Waals surface area contributed by atoms with Crippen molar-refractivity contribution in [2.24, 2.45) is 0 Å². The average molecular weight is 351 g/mol. The summed E-state index contributed by atoms with van der Waals surface area (Å²) in [5.41, 5.74) is 2.88. The molecule has 0 aliphatic carbocycles. The quantitative estimate of drug-likeness (QED) is 0.727. The molecule has 1 aromatic carbocycles. The van der Waals surface area contributed by atoms with E-state index in [4.69, 9.17) is 13.9 Å². The maximum absolute atomic E-state index is 5.56. The average Bonchev–Trinajstić information content (AvgIpc) is 3.18. The van der Waals surface area contributed by atoms with Gasteiger partial charge in [0, 0.05) is 22.7 Å². The zero-order valence-corrected chi connectivity index (χ0v) is 14.2. The molecule has 0 saturated carbocycles. The fourth-order valence-corrected chi connectivity index (χ4v) is 3.17. The lowest BCUT2D eigenvalue weighted by molar-refractivity contribution is 0.174. The third-order valence-corrected chi connectivity index (χ3v) is 4.20. The van der Waals surface area contributed by atoms with Gasteiger partial charge in [-0.25, -0.2) is 4.98 Å². The predicted octanol–water partition coefficient (Wildman–Crippen LogP) is 4.91. The Morgan fingerprint density at radius 1 is 1.13 bits per heavy atom. The van der Waals surface area contributed by atoms with Crippen molar-refractivity contribution in [3.05, 3.63) is 41.2 Å². The molecule has 0 saturated heterocycles. The minimum Gasteiger partial charge on any atom is -0.466 e. The van der Waals surface area contributed by atoms with E-state index in [9.17, 15) is 0 Å². The minimum atomic E-state index is 0. The summed E-state index contributed by atoms with van der Waals surface area (Å²) < 4.78 is 16.2. The summed E-state index contributed by atoms with van der Waals surface area (Å²) in [6.07, 6.45) is 0. The number of anilines is 2. The summed E-state index contributed by atoms with van der Waals surface area (Å²) in [5, 5.41) is 6.14. The van der Waals surface area contributed by atoms with Gasteiger partial charge in [0.15, 0.2) is 16.6 Å². The fraction of sp³-hybridized carbons (Fsp3) is 0.188. The van der Waals surface area contributed by atoms with Crippen LogP contribution in [0.2, 0.25) is 0 Å². The second-order valence-electron chi connectivity index (χ2n) is 5.06. The molecule has 5 nitrogen and oxygen atoms in total. The lowest BCUT2D eigenvalue weighted by atomic mass is 10.2. The normalized spacial score (nSPS) is 12.1. The molecule has 1 aliphatic rings. The Kier molecular flexibility index (Phi) is 4.19. The number of fused-ring (bicyclic) bond motifs is 1. The zero-order valence-electron chi connectivity index (χ0n) is 12.6. The number of hydrogen-bond donors (Lipinski definition) is 1. The maximum Gasteiger partial charge on any atom is 0.231 e. The van der Waals surface area contributed by atoms with E-state index in [-0.39, 0.29) is 19.2 Å². The molecule has 0 spiro atoms. The van der Waals surface area contributed by atoms with Gasteiger partial charge in [-0.3, -0.25) is 0 Å². The number of nitrogens with one attached hydrogen (secondary N) is 1. The van der Waals surface area contributed by atoms with Gasteiger partial charge in [0.2, 0.25) is 6.79 Å². The molecule has 0 amide bonds. The third-order valence-electron chi connectivity index (χ3n) is 3.44. The SMILES string of the molecule is Cc1cc(-c2csc(Nc3ccc4c(c3)OCO4)n2)c(C)o1.Cl. The van der Waals surface area contributed by atoms with Gasteiger partial charge in [-0.1, -0.05) is 0 Å². The number of hydrogen-bond acceptors (Lipinski definition) is 6. The van der Waals surface area contributed by atoms with Gasteiger partial charge in [-0.2, -0.15) is 0 Å². The first-order valence-electron chi connectivity index (χ1n) is 6.88. The maximum atomic E-state index is 5.56. The summed E-state index contributed by atoms with van der Waals surface area (Å²) in [5.74, 6) is 3.31. The first-order valence-corrected chi connectivity index (χ1v) is 7.76. The lowest BCUT2D eigenvalue weighted by Crippen LogP contribution is -1.93. The first kappa shape index (κ1) is 15.7. The Balaban J connectivity index is 0.00000156. The highest BCUT2D eigenvalue weighted by Gasteiger charge is 2.15. The second kappa shape index (κ2) is 6.14. The summed E-state index contributed by atoms with van der Waals surface area (Å²) in [7, 11) is 0. The van der Waals surface area contributed by atoms with E-state index in [0.717, 1.165) is 45.1 Å². The Hall–Kier alpha value is -2.18. The minimum absolute atomic E-state index is 0. The number of rotatable bonds is 3. The van der Waals surface area contributed by atoms with Crippen molar-refractivity contribution in [3.8, 4) is 22.8 Å². The van der Waals surface area contributed by atoms with E-state index in [0.29, 0.717) is 0 Å². The first-order chi connectivity index (χ1) is 10.7. The number of ether oxygens (including phenoxy) is 2. The molecule has 7 heteroatoms. The van der Waals surface area contributed by atoms with Crippen LogP contribution in [0.5, 0.6) is 11.5 Å². The molecule has 0 fully saturated rings. The number of halogens is 1. The molecule has 2 aromatic heterocycles. The van der Waals surface area contributed by atoms with Crippen LogP contribution in [0.15, 0.2) is 34.1 Å². The van der Waals surface area contributed by atoms with Gasteiger partial charge in [-0.15, -0.1) is 23.7 Å². The van der Waals surface area contributed by atoms with Crippen LogP contribution in [0.25, 0.3) is 11.3 Å². The van der Waals surface area contributed by atoms with Crippen molar-refractivity contribution < 1.29 is 13.9 Å². The summed E-state index contributed by atoms with van der Waals surface area (Å²) in [6, 6.07) is 7.76. The van der Waals surface area contributed by atoms with Crippen molar-refractivity contribution in [1.82, 2.24) is 4.98 Å². The van der Waals surface area contributed by atoms with Crippen molar-refractivity contribution in [2.75, 3.05) is 12.1 Å². The number of thiazole rings is 1. The Bertz CT molecular complexity index is 844. The van der Waals surface area contributed by atoms with Gasteiger partial charge in [0.25, 0.3) is 0 Å². The number of aryl methyl sites for hydroxylation is 2.